The van der Waals surface area contributed by atoms with Gasteiger partial charge in [-0.05, 0) is 33.6 Å². The molecule has 1 N–H and O–H groups in total. The van der Waals surface area contributed by atoms with Crippen molar-refractivity contribution < 1.29 is 9.90 Å². The summed E-state index contributed by atoms with van der Waals surface area (Å²) in [7, 11) is 0. The van der Waals surface area contributed by atoms with E-state index in [2.05, 4.69) is 0 Å². The Morgan fingerprint density at radius 3 is 1.35 bits per heavy atom. The smallest absolute Gasteiger partial charge is 0.129 e. The monoisotopic (exact) mass is 366 g/mol. The minimum Gasteiger partial charge on any atom is -0.389 e. The molecule has 2 nitrogen and oxygen atoms in total. The van der Waals surface area contributed by atoms with Crippen LogP contribution in [0.3, 0.4) is 0 Å². The third kappa shape index (κ3) is 21.4. The molecule has 0 aliphatic carbocycles. The summed E-state index contributed by atoms with van der Waals surface area (Å²) in [5, 5.41) is 9.77. The molecule has 0 aromatic rings. The first-order valence-electron chi connectivity index (χ1n) is 11.3. The van der Waals surface area contributed by atoms with Gasteiger partial charge in [0.15, 0.2) is 0 Å². The van der Waals surface area contributed by atoms with Crippen molar-refractivity contribution in [1.82, 2.24) is 0 Å². The molecule has 0 rings (SSSR count). The van der Waals surface area contributed by atoms with E-state index in [0.29, 0.717) is 5.78 Å². The number of unbranched alkanes of at least 4 members (excludes halogenated alkanes) is 14. The van der Waals surface area contributed by atoms with Crippen molar-refractivity contribution in [2.24, 2.45) is 0 Å². The van der Waals surface area contributed by atoms with E-state index >= 15 is 0 Å². The fraction of sp³-hybridized carbons (Fsp3) is 0.875. The topological polar surface area (TPSA) is 37.3 Å². The Kier molecular flexibility index (Phi) is 18.7. The summed E-state index contributed by atoms with van der Waals surface area (Å²) in [6, 6.07) is 0. The summed E-state index contributed by atoms with van der Waals surface area (Å²) < 4.78 is 0. The molecule has 0 aromatic carbocycles. The molecule has 0 spiro atoms. The number of Topliss-reactive ketones (excluding diaryl/α,β-unsaturated/α-hetero) is 1. The van der Waals surface area contributed by atoms with Gasteiger partial charge in [-0.1, -0.05) is 102 Å². The van der Waals surface area contributed by atoms with Gasteiger partial charge in [-0.15, -0.1) is 0 Å². The first-order valence-corrected chi connectivity index (χ1v) is 11.3. The van der Waals surface area contributed by atoms with Crippen LogP contribution in [0.15, 0.2) is 11.6 Å². The van der Waals surface area contributed by atoms with Crippen LogP contribution in [-0.2, 0) is 4.79 Å². The fourth-order valence-electron chi connectivity index (χ4n) is 3.49. The van der Waals surface area contributed by atoms with E-state index in [1.807, 2.05) is 19.9 Å². The maximum Gasteiger partial charge on any atom is 0.129 e. The Balaban J connectivity index is 3.11. The number of aliphatic hydroxyl groups is 1. The second kappa shape index (κ2) is 19.1. The van der Waals surface area contributed by atoms with E-state index in [-0.39, 0.29) is 6.10 Å². The molecule has 0 saturated heterocycles. The highest BCUT2D eigenvalue weighted by molar-refractivity contribution is 5.75. The Bertz CT molecular complexity index is 342. The van der Waals surface area contributed by atoms with E-state index < -0.39 is 0 Å². The van der Waals surface area contributed by atoms with Gasteiger partial charge < -0.3 is 9.90 Å². The third-order valence-corrected chi connectivity index (χ3v) is 5.05. The zero-order chi connectivity index (χ0) is 19.5. The Labute approximate surface area is 163 Å². The van der Waals surface area contributed by atoms with Crippen LogP contribution in [0.5, 0.6) is 0 Å². The number of hydrogen-bond acceptors (Lipinski definition) is 2. The Morgan fingerprint density at radius 1 is 0.654 bits per heavy atom. The predicted molar refractivity (Wildman–Crippen MR) is 115 cm³/mol. The van der Waals surface area contributed by atoms with Gasteiger partial charge in [0, 0.05) is 6.42 Å². The minimum absolute atomic E-state index is 0.236. The van der Waals surface area contributed by atoms with Gasteiger partial charge in [0.2, 0.25) is 0 Å². The summed E-state index contributed by atoms with van der Waals surface area (Å²) in [6.45, 7) is 5.78. The van der Waals surface area contributed by atoms with Crippen molar-refractivity contribution in [3.63, 3.8) is 0 Å². The van der Waals surface area contributed by atoms with E-state index in [1.165, 1.54) is 89.0 Å². The van der Waals surface area contributed by atoms with E-state index in [1.54, 1.807) is 6.92 Å². The third-order valence-electron chi connectivity index (χ3n) is 5.05. The summed E-state index contributed by atoms with van der Waals surface area (Å²) in [6.07, 6.45) is 23.2. The molecule has 0 bridgehead atoms. The van der Waals surface area contributed by atoms with Crippen molar-refractivity contribution in [2.45, 2.75) is 136 Å². The Hall–Kier alpha value is -0.630. The number of carbonyl (C=O) groups is 1. The second-order valence-corrected chi connectivity index (χ2v) is 8.36. The van der Waals surface area contributed by atoms with Crippen molar-refractivity contribution in [3.8, 4) is 0 Å². The predicted octanol–water partition coefficient (Wildman–Crippen LogP) is 7.53. The SMILES string of the molecule is CC(=O)CCCCCCCCCCCCCCCCCC(O)C=C(C)C. The fourth-order valence-corrected chi connectivity index (χ4v) is 3.49. The lowest BCUT2D eigenvalue weighted by Gasteiger charge is -2.06. The summed E-state index contributed by atoms with van der Waals surface area (Å²) >= 11 is 0. The molecule has 0 aliphatic rings. The van der Waals surface area contributed by atoms with Crippen LogP contribution in [-0.4, -0.2) is 17.0 Å². The molecular formula is C24H46O2. The molecule has 1 unspecified atom stereocenters. The number of hydrogen-bond donors (Lipinski definition) is 1. The van der Waals surface area contributed by atoms with E-state index in [0.717, 1.165) is 25.7 Å². The number of rotatable bonds is 19. The molecule has 0 radical (unpaired) electrons. The van der Waals surface area contributed by atoms with Crippen LogP contribution >= 0.6 is 0 Å². The number of allylic oxidation sites excluding steroid dienone is 1. The van der Waals surface area contributed by atoms with Crippen molar-refractivity contribution in [2.75, 3.05) is 0 Å². The standard InChI is InChI=1S/C24H46O2/c1-22(2)21-24(26)20-18-16-14-12-10-8-6-4-5-7-9-11-13-15-17-19-23(3)25/h21,24,26H,4-20H2,1-3H3. The van der Waals surface area contributed by atoms with Gasteiger partial charge in [0.25, 0.3) is 0 Å². The molecule has 0 saturated carbocycles. The lowest BCUT2D eigenvalue weighted by Crippen LogP contribution is -2.02. The molecule has 0 heterocycles. The van der Waals surface area contributed by atoms with Gasteiger partial charge >= 0.3 is 0 Å². The number of carbonyl (C=O) groups excluding carboxylic acids is 1. The first kappa shape index (κ1) is 25.4. The minimum atomic E-state index is -0.236. The molecule has 2 heteroatoms. The zero-order valence-electron chi connectivity index (χ0n) is 18.0. The van der Waals surface area contributed by atoms with Crippen LogP contribution in [0.4, 0.5) is 0 Å². The van der Waals surface area contributed by atoms with E-state index in [4.69, 9.17) is 0 Å². The number of aliphatic hydroxyl groups excluding tert-OH is 1. The molecule has 1 atom stereocenters. The van der Waals surface area contributed by atoms with Crippen LogP contribution in [0, 0.1) is 0 Å². The molecule has 154 valence electrons. The quantitative estimate of drug-likeness (QED) is 0.189. The molecule has 0 aliphatic heterocycles. The van der Waals surface area contributed by atoms with Crippen LogP contribution in [0.2, 0.25) is 0 Å². The zero-order valence-corrected chi connectivity index (χ0v) is 18.0. The Morgan fingerprint density at radius 2 is 1.00 bits per heavy atom. The average Bonchev–Trinajstić information content (AvgIpc) is 2.56. The second-order valence-electron chi connectivity index (χ2n) is 8.36. The molecule has 0 amide bonds. The maximum absolute atomic E-state index is 10.8. The lowest BCUT2D eigenvalue weighted by molar-refractivity contribution is -0.117. The lowest BCUT2D eigenvalue weighted by atomic mass is 10.0. The number of ketones is 1. The van der Waals surface area contributed by atoms with E-state index in [9.17, 15) is 9.90 Å². The summed E-state index contributed by atoms with van der Waals surface area (Å²) in [5.41, 5.74) is 1.21. The van der Waals surface area contributed by atoms with Crippen molar-refractivity contribution in [3.05, 3.63) is 11.6 Å². The van der Waals surface area contributed by atoms with Crippen molar-refractivity contribution in [1.29, 1.82) is 0 Å². The van der Waals surface area contributed by atoms with Gasteiger partial charge in [-0.25, -0.2) is 0 Å². The largest absolute Gasteiger partial charge is 0.389 e. The van der Waals surface area contributed by atoms with Crippen LogP contribution in [0.1, 0.15) is 130 Å². The highest BCUT2D eigenvalue weighted by atomic mass is 16.3. The summed E-state index contributed by atoms with van der Waals surface area (Å²) in [5.74, 6) is 0.336. The normalized spacial score (nSPS) is 12.2. The van der Waals surface area contributed by atoms with Crippen LogP contribution < -0.4 is 0 Å². The highest BCUT2D eigenvalue weighted by Crippen LogP contribution is 2.14. The van der Waals surface area contributed by atoms with Crippen LogP contribution in [0.25, 0.3) is 0 Å². The average molecular weight is 367 g/mol. The first-order chi connectivity index (χ1) is 12.5. The van der Waals surface area contributed by atoms with Gasteiger partial charge in [-0.2, -0.15) is 0 Å². The molecule has 0 fully saturated rings. The van der Waals surface area contributed by atoms with Crippen molar-refractivity contribution >= 4 is 5.78 Å². The molecule has 26 heavy (non-hydrogen) atoms. The highest BCUT2D eigenvalue weighted by Gasteiger charge is 2.00. The maximum atomic E-state index is 10.8. The summed E-state index contributed by atoms with van der Waals surface area (Å²) in [4.78, 5) is 10.8. The molecular weight excluding hydrogens is 320 g/mol. The molecule has 0 aromatic heterocycles. The van der Waals surface area contributed by atoms with Gasteiger partial charge in [0.05, 0.1) is 6.10 Å². The van der Waals surface area contributed by atoms with Gasteiger partial charge in [0.1, 0.15) is 5.78 Å². The van der Waals surface area contributed by atoms with Gasteiger partial charge in [-0.3, -0.25) is 0 Å².